The molecule has 3 nitrogen and oxygen atoms in total. The summed E-state index contributed by atoms with van der Waals surface area (Å²) in [5, 5.41) is 10.2. The van der Waals surface area contributed by atoms with E-state index in [1.165, 1.54) is 11.1 Å². The first-order valence-electron chi connectivity index (χ1n) is 7.47. The third-order valence-electron chi connectivity index (χ3n) is 3.84. The number of fused-ring (bicyclic) bond motifs is 1. The molecule has 3 heteroatoms. The van der Waals surface area contributed by atoms with Crippen molar-refractivity contribution in [3.8, 4) is 0 Å². The van der Waals surface area contributed by atoms with Crippen molar-refractivity contribution in [2.24, 2.45) is 11.8 Å². The van der Waals surface area contributed by atoms with Gasteiger partial charge in [-0.1, -0.05) is 45.9 Å². The van der Waals surface area contributed by atoms with Gasteiger partial charge >= 0.3 is 0 Å². The lowest BCUT2D eigenvalue weighted by molar-refractivity contribution is -0.135. The van der Waals surface area contributed by atoms with Crippen LogP contribution in [0.4, 0.5) is 0 Å². The SMILES string of the molecule is CC(C)CC(O)c1ccc2c(c1)CN(C(=O)C(C)C)C2. The van der Waals surface area contributed by atoms with Gasteiger partial charge in [0.25, 0.3) is 0 Å². The number of rotatable bonds is 4. The van der Waals surface area contributed by atoms with Crippen molar-refractivity contribution in [1.82, 2.24) is 4.90 Å². The highest BCUT2D eigenvalue weighted by Crippen LogP contribution is 2.29. The van der Waals surface area contributed by atoms with E-state index in [1.807, 2.05) is 24.8 Å². The number of aliphatic hydroxyl groups excluding tert-OH is 1. The second kappa shape index (κ2) is 5.96. The molecule has 0 saturated carbocycles. The average Bonchev–Trinajstić information content (AvgIpc) is 2.79. The Kier molecular flexibility index (Phi) is 4.48. The smallest absolute Gasteiger partial charge is 0.225 e. The highest BCUT2D eigenvalue weighted by atomic mass is 16.3. The number of hydrogen-bond acceptors (Lipinski definition) is 2. The summed E-state index contributed by atoms with van der Waals surface area (Å²) in [4.78, 5) is 14.0. The van der Waals surface area contributed by atoms with Crippen LogP contribution < -0.4 is 0 Å². The number of aliphatic hydroxyl groups is 1. The van der Waals surface area contributed by atoms with Crippen LogP contribution in [0.15, 0.2) is 18.2 Å². The Labute approximate surface area is 121 Å². The van der Waals surface area contributed by atoms with Crippen molar-refractivity contribution >= 4 is 5.91 Å². The molecule has 1 N–H and O–H groups in total. The van der Waals surface area contributed by atoms with Crippen molar-refractivity contribution in [1.29, 1.82) is 0 Å². The third-order valence-corrected chi connectivity index (χ3v) is 3.84. The van der Waals surface area contributed by atoms with Gasteiger partial charge in [0.15, 0.2) is 0 Å². The molecule has 1 aromatic rings. The van der Waals surface area contributed by atoms with E-state index in [4.69, 9.17) is 0 Å². The molecule has 0 fully saturated rings. The summed E-state index contributed by atoms with van der Waals surface area (Å²) in [6.07, 6.45) is 0.364. The minimum Gasteiger partial charge on any atom is -0.388 e. The van der Waals surface area contributed by atoms with Gasteiger partial charge in [0.2, 0.25) is 5.91 Å². The number of carbonyl (C=O) groups excluding carboxylic acids is 1. The van der Waals surface area contributed by atoms with E-state index in [1.54, 1.807) is 0 Å². The first-order valence-corrected chi connectivity index (χ1v) is 7.47. The summed E-state index contributed by atoms with van der Waals surface area (Å²) in [7, 11) is 0. The number of nitrogens with zero attached hydrogens (tertiary/aromatic N) is 1. The topological polar surface area (TPSA) is 40.5 Å². The Balaban J connectivity index is 2.12. The van der Waals surface area contributed by atoms with Crippen molar-refractivity contribution in [2.45, 2.75) is 53.3 Å². The molecule has 0 radical (unpaired) electrons. The number of benzene rings is 1. The normalized spacial score (nSPS) is 15.8. The van der Waals surface area contributed by atoms with Gasteiger partial charge in [-0.05, 0) is 29.0 Å². The van der Waals surface area contributed by atoms with Crippen LogP contribution in [-0.4, -0.2) is 15.9 Å². The molecular weight excluding hydrogens is 250 g/mol. The summed E-state index contributed by atoms with van der Waals surface area (Å²) >= 11 is 0. The Morgan fingerprint density at radius 1 is 1.20 bits per heavy atom. The fourth-order valence-electron chi connectivity index (χ4n) is 2.73. The second-order valence-corrected chi connectivity index (χ2v) is 6.52. The zero-order valence-corrected chi connectivity index (χ0v) is 12.9. The molecule has 0 spiro atoms. The Morgan fingerprint density at radius 2 is 1.85 bits per heavy atom. The van der Waals surface area contributed by atoms with Gasteiger partial charge in [-0.15, -0.1) is 0 Å². The monoisotopic (exact) mass is 275 g/mol. The maximum absolute atomic E-state index is 12.1. The molecule has 1 amide bonds. The van der Waals surface area contributed by atoms with Crippen LogP contribution in [0.3, 0.4) is 0 Å². The molecule has 0 aliphatic carbocycles. The molecule has 1 atom stereocenters. The van der Waals surface area contributed by atoms with E-state index < -0.39 is 6.10 Å². The van der Waals surface area contributed by atoms with Gasteiger partial charge in [-0.3, -0.25) is 4.79 Å². The van der Waals surface area contributed by atoms with Crippen LogP contribution in [0.1, 0.15) is 56.9 Å². The highest BCUT2D eigenvalue weighted by molar-refractivity contribution is 5.78. The average molecular weight is 275 g/mol. The van der Waals surface area contributed by atoms with Crippen molar-refractivity contribution in [3.63, 3.8) is 0 Å². The van der Waals surface area contributed by atoms with Crippen molar-refractivity contribution in [3.05, 3.63) is 34.9 Å². The van der Waals surface area contributed by atoms with Gasteiger partial charge in [0.1, 0.15) is 0 Å². The zero-order chi connectivity index (χ0) is 14.9. The Bertz CT molecular complexity index is 494. The van der Waals surface area contributed by atoms with Crippen LogP contribution in [0, 0.1) is 11.8 Å². The lowest BCUT2D eigenvalue weighted by Crippen LogP contribution is -2.29. The van der Waals surface area contributed by atoms with Crippen LogP contribution in [0.5, 0.6) is 0 Å². The molecular formula is C17H25NO2. The van der Waals surface area contributed by atoms with Gasteiger partial charge < -0.3 is 10.0 Å². The summed E-state index contributed by atoms with van der Waals surface area (Å²) in [5.74, 6) is 0.707. The van der Waals surface area contributed by atoms with Crippen molar-refractivity contribution < 1.29 is 9.90 Å². The predicted octanol–water partition coefficient (Wildman–Crippen LogP) is 3.26. The number of carbonyl (C=O) groups is 1. The van der Waals surface area contributed by atoms with Crippen LogP contribution >= 0.6 is 0 Å². The Morgan fingerprint density at radius 3 is 2.45 bits per heavy atom. The van der Waals surface area contributed by atoms with Crippen LogP contribution in [-0.2, 0) is 17.9 Å². The maximum Gasteiger partial charge on any atom is 0.225 e. The highest BCUT2D eigenvalue weighted by Gasteiger charge is 2.25. The Hall–Kier alpha value is -1.35. The molecule has 1 aliphatic rings. The van der Waals surface area contributed by atoms with Gasteiger partial charge in [0.05, 0.1) is 6.10 Å². The van der Waals surface area contributed by atoms with Crippen LogP contribution in [0.2, 0.25) is 0 Å². The minimum atomic E-state index is -0.407. The first kappa shape index (κ1) is 15.0. The molecule has 0 saturated heterocycles. The van der Waals surface area contributed by atoms with Crippen molar-refractivity contribution in [2.75, 3.05) is 0 Å². The van der Waals surface area contributed by atoms with Gasteiger partial charge in [0, 0.05) is 19.0 Å². The molecule has 0 bridgehead atoms. The fourth-order valence-corrected chi connectivity index (χ4v) is 2.73. The molecule has 110 valence electrons. The number of hydrogen-bond donors (Lipinski definition) is 1. The predicted molar refractivity (Wildman–Crippen MR) is 79.9 cm³/mol. The fraction of sp³-hybridized carbons (Fsp3) is 0.588. The van der Waals surface area contributed by atoms with Gasteiger partial charge in [-0.2, -0.15) is 0 Å². The lowest BCUT2D eigenvalue weighted by Gasteiger charge is -2.17. The standard InChI is InChI=1S/C17H25NO2/c1-11(2)7-16(19)13-5-6-14-9-18(10-15(14)8-13)17(20)12(3)4/h5-6,8,11-12,16,19H,7,9-10H2,1-4H3. The largest absolute Gasteiger partial charge is 0.388 e. The lowest BCUT2D eigenvalue weighted by atomic mass is 9.97. The minimum absolute atomic E-state index is 0.0373. The summed E-state index contributed by atoms with van der Waals surface area (Å²) in [6.45, 7) is 9.47. The van der Waals surface area contributed by atoms with E-state index in [-0.39, 0.29) is 11.8 Å². The first-order chi connectivity index (χ1) is 9.38. The number of amides is 1. The maximum atomic E-state index is 12.1. The van der Waals surface area contributed by atoms with E-state index in [2.05, 4.69) is 26.0 Å². The zero-order valence-electron chi connectivity index (χ0n) is 12.9. The molecule has 0 aromatic heterocycles. The van der Waals surface area contributed by atoms with Crippen LogP contribution in [0.25, 0.3) is 0 Å². The third kappa shape index (κ3) is 3.21. The molecule has 1 aromatic carbocycles. The van der Waals surface area contributed by atoms with E-state index in [0.29, 0.717) is 19.0 Å². The summed E-state index contributed by atoms with van der Waals surface area (Å²) < 4.78 is 0. The van der Waals surface area contributed by atoms with E-state index in [9.17, 15) is 9.90 Å². The summed E-state index contributed by atoms with van der Waals surface area (Å²) in [6, 6.07) is 6.12. The van der Waals surface area contributed by atoms with Gasteiger partial charge in [-0.25, -0.2) is 0 Å². The molecule has 2 rings (SSSR count). The van der Waals surface area contributed by atoms with E-state index in [0.717, 1.165) is 12.0 Å². The summed E-state index contributed by atoms with van der Waals surface area (Å²) in [5.41, 5.74) is 3.36. The molecule has 1 unspecified atom stereocenters. The molecule has 1 aliphatic heterocycles. The second-order valence-electron chi connectivity index (χ2n) is 6.52. The molecule has 20 heavy (non-hydrogen) atoms. The quantitative estimate of drug-likeness (QED) is 0.916. The molecule has 1 heterocycles. The van der Waals surface area contributed by atoms with E-state index >= 15 is 0 Å².